The predicted molar refractivity (Wildman–Crippen MR) is 155 cm³/mol. The number of carbonyl (C=O) groups excluding carboxylic acids is 2. The number of carbonyl (C=O) groups is 2. The molecule has 0 saturated carbocycles. The smallest absolute Gasteiger partial charge is 0.411 e. The van der Waals surface area contributed by atoms with Crippen molar-refractivity contribution in [3.63, 3.8) is 0 Å². The molecular weight excluding hydrogens is 502 g/mol. The minimum absolute atomic E-state index is 0.165. The van der Waals surface area contributed by atoms with Crippen LogP contribution in [0.3, 0.4) is 0 Å². The maximum atomic E-state index is 13.1. The van der Waals surface area contributed by atoms with E-state index in [2.05, 4.69) is 29.2 Å². The summed E-state index contributed by atoms with van der Waals surface area (Å²) in [7, 11) is 1.65. The molecule has 5 rings (SSSR count). The fourth-order valence-corrected chi connectivity index (χ4v) is 5.43. The Labute approximate surface area is 234 Å². The highest BCUT2D eigenvalue weighted by molar-refractivity contribution is 5.94. The molecule has 40 heavy (non-hydrogen) atoms. The van der Waals surface area contributed by atoms with Gasteiger partial charge in [-0.15, -0.1) is 0 Å². The molecule has 7 heteroatoms. The number of primary amides is 1. The molecule has 2 amide bonds. The first-order valence-electron chi connectivity index (χ1n) is 13.2. The molecule has 2 heterocycles. The number of rotatable bonds is 7. The van der Waals surface area contributed by atoms with Crippen molar-refractivity contribution in [1.82, 2.24) is 9.88 Å². The van der Waals surface area contributed by atoms with Crippen LogP contribution in [0.4, 0.5) is 4.79 Å². The average molecular weight is 536 g/mol. The number of benzene rings is 3. The first-order valence-corrected chi connectivity index (χ1v) is 13.2. The summed E-state index contributed by atoms with van der Waals surface area (Å²) < 4.78 is 11.6. The van der Waals surface area contributed by atoms with E-state index in [1.807, 2.05) is 58.0 Å². The van der Waals surface area contributed by atoms with Crippen LogP contribution in [0.25, 0.3) is 22.3 Å². The standard InChI is InChI=1S/C33H33N3O4/c1-19-6-9-28(26(14-19)18-36-22(4)31(40-33(36)38)24-12-13-35-21(3)16-24)29-17-23(8-11-30(29)39-5)27-10-7-25(32(34)37)15-20(27)2/h6-17,22,31H,18H2,1-5H3,(H2,34,37)/t22-,31-/m0/s1. The number of methoxy groups -OCH3 is 1. The molecule has 1 aliphatic heterocycles. The zero-order chi connectivity index (χ0) is 28.6. The van der Waals surface area contributed by atoms with Crippen molar-refractivity contribution in [2.24, 2.45) is 5.73 Å². The predicted octanol–water partition coefficient (Wildman–Crippen LogP) is 6.53. The summed E-state index contributed by atoms with van der Waals surface area (Å²) in [6.45, 7) is 8.33. The number of pyridine rings is 1. The highest BCUT2D eigenvalue weighted by Gasteiger charge is 2.40. The Bertz CT molecular complexity index is 1610. The normalized spacial score (nSPS) is 16.6. The van der Waals surface area contributed by atoms with Crippen molar-refractivity contribution in [3.05, 3.63) is 106 Å². The van der Waals surface area contributed by atoms with Crippen LogP contribution in [-0.2, 0) is 11.3 Å². The SMILES string of the molecule is COc1ccc(-c2ccc(C(N)=O)cc2C)cc1-c1ccc(C)cc1CN1C(=O)O[C@H](c2ccnc(C)c2)[C@@H]1C. The van der Waals surface area contributed by atoms with E-state index in [1.165, 1.54) is 0 Å². The van der Waals surface area contributed by atoms with Gasteiger partial charge in [0, 0.05) is 23.0 Å². The lowest BCUT2D eigenvalue weighted by atomic mass is 9.91. The van der Waals surface area contributed by atoms with Crippen LogP contribution < -0.4 is 10.5 Å². The van der Waals surface area contributed by atoms with Crippen LogP contribution in [0.15, 0.2) is 72.9 Å². The van der Waals surface area contributed by atoms with E-state index >= 15 is 0 Å². The van der Waals surface area contributed by atoms with E-state index in [0.29, 0.717) is 12.1 Å². The molecule has 4 aromatic rings. The third-order valence-corrected chi connectivity index (χ3v) is 7.55. The Morgan fingerprint density at radius 3 is 2.45 bits per heavy atom. The molecule has 1 saturated heterocycles. The Hall–Kier alpha value is -4.65. The van der Waals surface area contributed by atoms with Gasteiger partial charge in [0.2, 0.25) is 5.91 Å². The van der Waals surface area contributed by atoms with E-state index in [-0.39, 0.29) is 18.2 Å². The van der Waals surface area contributed by atoms with Crippen molar-refractivity contribution in [2.75, 3.05) is 7.11 Å². The maximum Gasteiger partial charge on any atom is 0.411 e. The van der Waals surface area contributed by atoms with Crippen LogP contribution in [0.5, 0.6) is 5.75 Å². The minimum atomic E-state index is -0.453. The zero-order valence-electron chi connectivity index (χ0n) is 23.4. The number of cyclic esters (lactones) is 1. The minimum Gasteiger partial charge on any atom is -0.496 e. The third-order valence-electron chi connectivity index (χ3n) is 7.55. The first kappa shape index (κ1) is 26.9. The summed E-state index contributed by atoms with van der Waals surface area (Å²) in [5.41, 5.74) is 14.7. The van der Waals surface area contributed by atoms with E-state index in [0.717, 1.165) is 56.0 Å². The average Bonchev–Trinajstić information content (AvgIpc) is 3.21. The fraction of sp³-hybridized carbons (Fsp3) is 0.242. The zero-order valence-corrected chi connectivity index (χ0v) is 23.4. The molecule has 1 aromatic heterocycles. The highest BCUT2D eigenvalue weighted by atomic mass is 16.6. The quantitative estimate of drug-likeness (QED) is 0.290. The molecule has 0 bridgehead atoms. The molecule has 7 nitrogen and oxygen atoms in total. The van der Waals surface area contributed by atoms with Gasteiger partial charge in [0.1, 0.15) is 11.9 Å². The number of aromatic nitrogens is 1. The molecular formula is C33H33N3O4. The van der Waals surface area contributed by atoms with Crippen molar-refractivity contribution in [3.8, 4) is 28.0 Å². The number of aryl methyl sites for hydroxylation is 3. The van der Waals surface area contributed by atoms with Gasteiger partial charge in [0.15, 0.2) is 0 Å². The van der Waals surface area contributed by atoms with Gasteiger partial charge in [-0.3, -0.25) is 14.7 Å². The van der Waals surface area contributed by atoms with Crippen LogP contribution in [-0.4, -0.2) is 35.0 Å². The lowest BCUT2D eigenvalue weighted by Crippen LogP contribution is -2.31. The summed E-state index contributed by atoms with van der Waals surface area (Å²) in [6, 6.07) is 21.5. The summed E-state index contributed by atoms with van der Waals surface area (Å²) >= 11 is 0. The number of ether oxygens (including phenoxy) is 2. The van der Waals surface area contributed by atoms with Gasteiger partial charge in [0.05, 0.1) is 19.7 Å². The van der Waals surface area contributed by atoms with Gasteiger partial charge >= 0.3 is 6.09 Å². The molecule has 2 atom stereocenters. The molecule has 1 fully saturated rings. The molecule has 3 aromatic carbocycles. The van der Waals surface area contributed by atoms with Crippen LogP contribution in [0.2, 0.25) is 0 Å². The van der Waals surface area contributed by atoms with Gasteiger partial charge in [-0.1, -0.05) is 35.9 Å². The Kier molecular flexibility index (Phi) is 7.30. The maximum absolute atomic E-state index is 13.1. The lowest BCUT2D eigenvalue weighted by Gasteiger charge is -2.23. The second-order valence-corrected chi connectivity index (χ2v) is 10.4. The van der Waals surface area contributed by atoms with E-state index in [9.17, 15) is 9.59 Å². The number of hydrogen-bond acceptors (Lipinski definition) is 5. The molecule has 0 unspecified atom stereocenters. The second kappa shape index (κ2) is 10.8. The van der Waals surface area contributed by atoms with Crippen LogP contribution in [0, 0.1) is 20.8 Å². The monoisotopic (exact) mass is 535 g/mol. The summed E-state index contributed by atoms with van der Waals surface area (Å²) in [5.74, 6) is 0.271. The van der Waals surface area contributed by atoms with Gasteiger partial charge in [-0.25, -0.2) is 4.79 Å². The number of nitrogens with two attached hydrogens (primary N) is 1. The van der Waals surface area contributed by atoms with E-state index in [4.69, 9.17) is 15.2 Å². The van der Waals surface area contributed by atoms with Crippen molar-refractivity contribution in [2.45, 2.75) is 46.4 Å². The van der Waals surface area contributed by atoms with Crippen LogP contribution in [0.1, 0.15) is 51.3 Å². The van der Waals surface area contributed by atoms with E-state index < -0.39 is 5.91 Å². The van der Waals surface area contributed by atoms with Gasteiger partial charge in [-0.2, -0.15) is 0 Å². The molecule has 0 aliphatic carbocycles. The third kappa shape index (κ3) is 5.15. The van der Waals surface area contributed by atoms with Crippen molar-refractivity contribution in [1.29, 1.82) is 0 Å². The molecule has 2 N–H and O–H groups in total. The van der Waals surface area contributed by atoms with E-state index in [1.54, 1.807) is 30.3 Å². The number of hydrogen-bond donors (Lipinski definition) is 1. The Balaban J connectivity index is 1.53. The first-order chi connectivity index (χ1) is 19.2. The lowest BCUT2D eigenvalue weighted by molar-refractivity contribution is 0.1000. The van der Waals surface area contributed by atoms with Crippen molar-refractivity contribution >= 4 is 12.0 Å². The summed E-state index contributed by atoms with van der Waals surface area (Å²) in [4.78, 5) is 30.8. The van der Waals surface area contributed by atoms with Gasteiger partial charge in [0.25, 0.3) is 0 Å². The Morgan fingerprint density at radius 2 is 1.75 bits per heavy atom. The molecule has 0 radical (unpaired) electrons. The molecule has 1 aliphatic rings. The fourth-order valence-electron chi connectivity index (χ4n) is 5.43. The second-order valence-electron chi connectivity index (χ2n) is 10.4. The highest BCUT2D eigenvalue weighted by Crippen LogP contribution is 2.39. The van der Waals surface area contributed by atoms with Crippen molar-refractivity contribution < 1.29 is 19.1 Å². The summed E-state index contributed by atoms with van der Waals surface area (Å²) in [5, 5.41) is 0. The molecule has 0 spiro atoms. The number of nitrogens with zero attached hydrogens (tertiary/aromatic N) is 2. The topological polar surface area (TPSA) is 94.8 Å². The van der Waals surface area contributed by atoms with Crippen LogP contribution >= 0.6 is 0 Å². The van der Waals surface area contributed by atoms with Gasteiger partial charge in [-0.05, 0) is 97.5 Å². The largest absolute Gasteiger partial charge is 0.496 e. The molecule has 204 valence electrons. The number of amides is 2. The Morgan fingerprint density at radius 1 is 0.975 bits per heavy atom. The van der Waals surface area contributed by atoms with Gasteiger partial charge < -0.3 is 15.2 Å². The summed E-state index contributed by atoms with van der Waals surface area (Å²) in [6.07, 6.45) is 1.03.